The Balaban J connectivity index is 2.50. The van der Waals surface area contributed by atoms with Crippen molar-refractivity contribution in [1.82, 2.24) is 0 Å². The molecule has 1 N–H and O–H groups in total. The first-order valence-corrected chi connectivity index (χ1v) is 6.62. The van der Waals surface area contributed by atoms with E-state index in [2.05, 4.69) is 0 Å². The first-order valence-electron chi connectivity index (χ1n) is 6.62. The van der Waals surface area contributed by atoms with Gasteiger partial charge in [0.25, 0.3) is 5.69 Å². The maximum Gasteiger partial charge on any atom is 0.329 e. The summed E-state index contributed by atoms with van der Waals surface area (Å²) in [5.41, 5.74) is 0.482. The molecule has 2 rings (SSSR count). The number of hydrogen-bond donors (Lipinski definition) is 1. The zero-order valence-corrected chi connectivity index (χ0v) is 11.6. The van der Waals surface area contributed by atoms with Crippen molar-refractivity contribution in [2.24, 2.45) is 0 Å². The molecule has 0 aliphatic carbocycles. The van der Waals surface area contributed by atoms with Crippen molar-refractivity contribution in [2.75, 3.05) is 11.4 Å². The van der Waals surface area contributed by atoms with Gasteiger partial charge < -0.3 is 10.0 Å². The molecule has 1 aromatic carbocycles. The van der Waals surface area contributed by atoms with E-state index in [1.807, 2.05) is 6.92 Å². The van der Waals surface area contributed by atoms with Crippen LogP contribution in [0.4, 0.5) is 11.4 Å². The molecule has 1 unspecified atom stereocenters. The Kier molecular flexibility index (Phi) is 3.65. The van der Waals surface area contributed by atoms with Crippen LogP contribution in [0.1, 0.15) is 31.7 Å². The lowest BCUT2D eigenvalue weighted by Gasteiger charge is -2.43. The van der Waals surface area contributed by atoms with Gasteiger partial charge in [-0.2, -0.15) is 0 Å². The largest absolute Gasteiger partial charge is 0.480 e. The molecule has 0 radical (unpaired) electrons. The summed E-state index contributed by atoms with van der Waals surface area (Å²) in [5, 5.41) is 20.4. The highest BCUT2D eigenvalue weighted by atomic mass is 16.6. The minimum Gasteiger partial charge on any atom is -0.480 e. The highest BCUT2D eigenvalue weighted by Crippen LogP contribution is 2.36. The van der Waals surface area contributed by atoms with Crippen molar-refractivity contribution < 1.29 is 14.8 Å². The number of nitro benzene ring substituents is 1. The van der Waals surface area contributed by atoms with E-state index in [1.165, 1.54) is 12.1 Å². The number of benzene rings is 1. The first-order chi connectivity index (χ1) is 9.36. The summed E-state index contributed by atoms with van der Waals surface area (Å²) in [7, 11) is 0. The lowest BCUT2D eigenvalue weighted by molar-refractivity contribution is -0.384. The Morgan fingerprint density at radius 1 is 1.45 bits per heavy atom. The van der Waals surface area contributed by atoms with Crippen LogP contribution in [0.25, 0.3) is 0 Å². The molecule has 6 nitrogen and oxygen atoms in total. The first kappa shape index (κ1) is 14.3. The predicted molar refractivity (Wildman–Crippen MR) is 75.1 cm³/mol. The Morgan fingerprint density at radius 3 is 2.75 bits per heavy atom. The zero-order chi connectivity index (χ0) is 14.9. The molecule has 1 aromatic rings. The monoisotopic (exact) mass is 278 g/mol. The topological polar surface area (TPSA) is 83.7 Å². The second kappa shape index (κ2) is 5.11. The summed E-state index contributed by atoms with van der Waals surface area (Å²) in [6, 6.07) is 4.59. The average molecular weight is 278 g/mol. The van der Waals surface area contributed by atoms with E-state index in [1.54, 1.807) is 17.9 Å². The van der Waals surface area contributed by atoms with Gasteiger partial charge in [0, 0.05) is 24.4 Å². The predicted octanol–water partition coefficient (Wildman–Crippen LogP) is 2.74. The summed E-state index contributed by atoms with van der Waals surface area (Å²) < 4.78 is 0. The van der Waals surface area contributed by atoms with Gasteiger partial charge in [0.05, 0.1) is 4.92 Å². The number of nitrogens with zero attached hydrogens (tertiary/aromatic N) is 2. The third kappa shape index (κ3) is 2.33. The van der Waals surface area contributed by atoms with Gasteiger partial charge in [-0.05, 0) is 38.7 Å². The molecular formula is C14H18N2O4. The summed E-state index contributed by atoms with van der Waals surface area (Å²) in [5.74, 6) is -0.886. The lowest BCUT2D eigenvalue weighted by atomic mass is 9.87. The molecule has 1 fully saturated rings. The number of piperidine rings is 1. The van der Waals surface area contributed by atoms with Crippen LogP contribution < -0.4 is 4.90 Å². The summed E-state index contributed by atoms with van der Waals surface area (Å²) in [6.45, 7) is 4.13. The highest BCUT2D eigenvalue weighted by molar-refractivity contribution is 5.84. The van der Waals surface area contributed by atoms with E-state index in [0.29, 0.717) is 18.7 Å². The number of nitro groups is 1. The van der Waals surface area contributed by atoms with Gasteiger partial charge in [-0.3, -0.25) is 10.1 Å². The van der Waals surface area contributed by atoms with Gasteiger partial charge in [-0.15, -0.1) is 0 Å². The normalized spacial score (nSPS) is 22.6. The van der Waals surface area contributed by atoms with Crippen LogP contribution >= 0.6 is 0 Å². The third-order valence-corrected chi connectivity index (χ3v) is 4.05. The van der Waals surface area contributed by atoms with Crippen LogP contribution in [0, 0.1) is 17.0 Å². The molecule has 0 aromatic heterocycles. The van der Waals surface area contributed by atoms with Gasteiger partial charge in [0.2, 0.25) is 0 Å². The molecular weight excluding hydrogens is 260 g/mol. The van der Waals surface area contributed by atoms with Crippen LogP contribution in [0.3, 0.4) is 0 Å². The molecule has 6 heteroatoms. The van der Waals surface area contributed by atoms with Crippen LogP contribution in [0.5, 0.6) is 0 Å². The Bertz CT molecular complexity index is 558. The minimum absolute atomic E-state index is 0.0103. The fourth-order valence-corrected chi connectivity index (χ4v) is 2.73. The third-order valence-electron chi connectivity index (χ3n) is 4.05. The van der Waals surface area contributed by atoms with Crippen molar-refractivity contribution in [3.05, 3.63) is 33.9 Å². The maximum absolute atomic E-state index is 11.6. The summed E-state index contributed by atoms with van der Waals surface area (Å²) >= 11 is 0. The molecule has 0 saturated carbocycles. The van der Waals surface area contributed by atoms with Crippen molar-refractivity contribution in [2.45, 2.75) is 38.6 Å². The van der Waals surface area contributed by atoms with Gasteiger partial charge in [0.15, 0.2) is 0 Å². The summed E-state index contributed by atoms with van der Waals surface area (Å²) in [6.07, 6.45) is 2.29. The van der Waals surface area contributed by atoms with Gasteiger partial charge in [0.1, 0.15) is 5.54 Å². The van der Waals surface area contributed by atoms with Crippen molar-refractivity contribution in [1.29, 1.82) is 0 Å². The van der Waals surface area contributed by atoms with Crippen molar-refractivity contribution >= 4 is 17.3 Å². The van der Waals surface area contributed by atoms with Crippen LogP contribution in [-0.4, -0.2) is 28.1 Å². The van der Waals surface area contributed by atoms with Gasteiger partial charge in [-0.25, -0.2) is 4.79 Å². The number of hydrogen-bond acceptors (Lipinski definition) is 4. The molecule has 1 aliphatic heterocycles. The number of carboxylic acids is 1. The number of rotatable bonds is 3. The zero-order valence-electron chi connectivity index (χ0n) is 11.6. The van der Waals surface area contributed by atoms with E-state index in [-0.39, 0.29) is 5.69 Å². The number of aliphatic carboxylic acids is 1. The fourth-order valence-electron chi connectivity index (χ4n) is 2.73. The molecule has 1 saturated heterocycles. The Labute approximate surface area is 117 Å². The standard InChI is InChI=1S/C14H18N2O4/c1-10-5-6-11(16(19)20)9-12(10)15-8-4-3-7-14(15,2)13(17)18/h5-6,9H,3-4,7-8H2,1-2H3,(H,17,18). The number of anilines is 1. The minimum atomic E-state index is -1.00. The number of carboxylic acid groups (broad SMARTS) is 1. The van der Waals surface area contributed by atoms with Gasteiger partial charge >= 0.3 is 5.97 Å². The van der Waals surface area contributed by atoms with Crippen LogP contribution in [-0.2, 0) is 4.79 Å². The molecule has 0 bridgehead atoms. The van der Waals surface area contributed by atoms with Gasteiger partial charge in [-0.1, -0.05) is 6.07 Å². The van der Waals surface area contributed by atoms with Crippen LogP contribution in [0.15, 0.2) is 18.2 Å². The molecule has 1 heterocycles. The molecule has 108 valence electrons. The number of non-ortho nitro benzene ring substituents is 1. The van der Waals surface area contributed by atoms with E-state index < -0.39 is 16.4 Å². The lowest BCUT2D eigenvalue weighted by Crippen LogP contribution is -2.55. The molecule has 0 amide bonds. The van der Waals surface area contributed by atoms with E-state index in [0.717, 1.165) is 18.4 Å². The van der Waals surface area contributed by atoms with E-state index in [9.17, 15) is 20.0 Å². The molecule has 1 atom stereocenters. The van der Waals surface area contributed by atoms with E-state index >= 15 is 0 Å². The second-order valence-corrected chi connectivity index (χ2v) is 5.42. The summed E-state index contributed by atoms with van der Waals surface area (Å²) in [4.78, 5) is 23.9. The SMILES string of the molecule is Cc1ccc([N+](=O)[O-])cc1N1CCCCC1(C)C(=O)O. The molecule has 20 heavy (non-hydrogen) atoms. The second-order valence-electron chi connectivity index (χ2n) is 5.42. The maximum atomic E-state index is 11.6. The van der Waals surface area contributed by atoms with Crippen LogP contribution in [0.2, 0.25) is 0 Å². The number of aryl methyl sites for hydroxylation is 1. The van der Waals surface area contributed by atoms with Crippen molar-refractivity contribution in [3.63, 3.8) is 0 Å². The van der Waals surface area contributed by atoms with Crippen molar-refractivity contribution in [3.8, 4) is 0 Å². The fraction of sp³-hybridized carbons (Fsp3) is 0.500. The quantitative estimate of drug-likeness (QED) is 0.679. The van der Waals surface area contributed by atoms with E-state index in [4.69, 9.17) is 0 Å². The molecule has 1 aliphatic rings. The Hall–Kier alpha value is -2.11. The number of carbonyl (C=O) groups is 1. The smallest absolute Gasteiger partial charge is 0.329 e. The molecule has 0 spiro atoms. The Morgan fingerprint density at radius 2 is 2.15 bits per heavy atom. The average Bonchev–Trinajstić information content (AvgIpc) is 2.39. The highest BCUT2D eigenvalue weighted by Gasteiger charge is 2.42.